The number of carbonyl (C=O) groups excluding carboxylic acids is 1. The Bertz CT molecular complexity index is 1340. The Morgan fingerprint density at radius 1 is 0.714 bits per heavy atom. The van der Waals surface area contributed by atoms with Gasteiger partial charge in [-0.1, -0.05) is 91.0 Å². The van der Waals surface area contributed by atoms with Gasteiger partial charge in [0.2, 0.25) is 5.91 Å². The van der Waals surface area contributed by atoms with Crippen LogP contribution in [0.1, 0.15) is 21.7 Å². The predicted molar refractivity (Wildman–Crippen MR) is 138 cm³/mol. The highest BCUT2D eigenvalue weighted by molar-refractivity contribution is 5.92. The molecule has 0 atom stereocenters. The smallest absolute Gasteiger partial charge is 0.246 e. The van der Waals surface area contributed by atoms with Crippen LogP contribution in [0.15, 0.2) is 115 Å². The molecule has 1 aromatic heterocycles. The van der Waals surface area contributed by atoms with Gasteiger partial charge >= 0.3 is 0 Å². The third kappa shape index (κ3) is 5.65. The van der Waals surface area contributed by atoms with Crippen molar-refractivity contribution in [2.45, 2.75) is 19.7 Å². The maximum absolute atomic E-state index is 13.8. The van der Waals surface area contributed by atoms with Crippen molar-refractivity contribution in [3.05, 3.63) is 132 Å². The normalized spacial score (nSPS) is 11.1. The zero-order valence-corrected chi connectivity index (χ0v) is 19.5. The van der Waals surface area contributed by atoms with Gasteiger partial charge in [0, 0.05) is 13.1 Å². The molecule has 0 N–H and O–H groups in total. The summed E-state index contributed by atoms with van der Waals surface area (Å²) in [5.41, 5.74) is 3.91. The summed E-state index contributed by atoms with van der Waals surface area (Å²) < 4.78 is 7.67. The summed E-state index contributed by atoms with van der Waals surface area (Å²) in [6.07, 6.45) is 0. The van der Waals surface area contributed by atoms with Gasteiger partial charge in [-0.2, -0.15) is 0 Å². The molecule has 5 heteroatoms. The van der Waals surface area contributed by atoms with E-state index in [0.29, 0.717) is 18.9 Å². The number of imidazole rings is 1. The lowest BCUT2D eigenvalue weighted by molar-refractivity contribution is 0.0833. The molecule has 5 rings (SSSR count). The zero-order valence-electron chi connectivity index (χ0n) is 19.5. The number of nitrogens with zero attached hydrogens (tertiary/aromatic N) is 3. The van der Waals surface area contributed by atoms with Crippen LogP contribution in [-0.4, -0.2) is 26.9 Å². The molecular formula is C30H27N3O2. The largest absolute Gasteiger partial charge is 0.486 e. The maximum Gasteiger partial charge on any atom is 0.246 e. The van der Waals surface area contributed by atoms with E-state index in [9.17, 15) is 4.79 Å². The third-order valence-corrected chi connectivity index (χ3v) is 5.85. The van der Waals surface area contributed by atoms with E-state index >= 15 is 0 Å². The van der Waals surface area contributed by atoms with Gasteiger partial charge in [0.05, 0.1) is 17.6 Å². The summed E-state index contributed by atoms with van der Waals surface area (Å²) in [5.74, 6) is 1.31. The van der Waals surface area contributed by atoms with Crippen molar-refractivity contribution in [1.82, 2.24) is 14.5 Å². The van der Waals surface area contributed by atoms with Gasteiger partial charge in [-0.25, -0.2) is 4.98 Å². The minimum Gasteiger partial charge on any atom is -0.486 e. The Hall–Kier alpha value is -4.22. The summed E-state index contributed by atoms with van der Waals surface area (Å²) in [7, 11) is 0. The van der Waals surface area contributed by atoms with E-state index in [1.165, 1.54) is 11.1 Å². The van der Waals surface area contributed by atoms with Crippen molar-refractivity contribution >= 4 is 16.9 Å². The van der Waals surface area contributed by atoms with Crippen LogP contribution >= 0.6 is 0 Å². The monoisotopic (exact) mass is 461 g/mol. The molecule has 5 aromatic rings. The molecule has 0 fully saturated rings. The quantitative estimate of drug-likeness (QED) is 0.272. The van der Waals surface area contributed by atoms with E-state index in [-0.39, 0.29) is 19.1 Å². The van der Waals surface area contributed by atoms with Gasteiger partial charge in [0.1, 0.15) is 12.4 Å². The SMILES string of the molecule is O=C(CN(Cc1ccccc1)Cc1ccccc1)n1c(COc2ccccc2)nc2ccccc21. The van der Waals surface area contributed by atoms with Crippen molar-refractivity contribution in [3.63, 3.8) is 0 Å². The molecule has 0 aliphatic carbocycles. The number of benzene rings is 4. The zero-order chi connectivity index (χ0) is 23.9. The van der Waals surface area contributed by atoms with Gasteiger partial charge in [-0.3, -0.25) is 14.3 Å². The molecule has 1 heterocycles. The lowest BCUT2D eigenvalue weighted by Gasteiger charge is -2.22. The van der Waals surface area contributed by atoms with Crippen LogP contribution in [0.4, 0.5) is 0 Å². The highest BCUT2D eigenvalue weighted by Gasteiger charge is 2.20. The first-order valence-electron chi connectivity index (χ1n) is 11.7. The van der Waals surface area contributed by atoms with E-state index in [0.717, 1.165) is 16.8 Å². The number of hydrogen-bond donors (Lipinski definition) is 0. The molecule has 0 unspecified atom stereocenters. The van der Waals surface area contributed by atoms with E-state index in [1.807, 2.05) is 91.0 Å². The van der Waals surface area contributed by atoms with Gasteiger partial charge in [0.15, 0.2) is 5.82 Å². The van der Waals surface area contributed by atoms with E-state index < -0.39 is 0 Å². The van der Waals surface area contributed by atoms with Gasteiger partial charge in [-0.05, 0) is 35.4 Å². The number of para-hydroxylation sites is 3. The van der Waals surface area contributed by atoms with Crippen LogP contribution in [0.3, 0.4) is 0 Å². The lowest BCUT2D eigenvalue weighted by Crippen LogP contribution is -2.33. The Morgan fingerprint density at radius 3 is 1.89 bits per heavy atom. The molecule has 0 saturated heterocycles. The topological polar surface area (TPSA) is 47.4 Å². The van der Waals surface area contributed by atoms with Crippen molar-refractivity contribution < 1.29 is 9.53 Å². The van der Waals surface area contributed by atoms with Gasteiger partial charge in [-0.15, -0.1) is 0 Å². The average Bonchev–Trinajstić information content (AvgIpc) is 3.28. The number of hydrogen-bond acceptors (Lipinski definition) is 4. The highest BCUT2D eigenvalue weighted by atomic mass is 16.5. The predicted octanol–water partition coefficient (Wildman–Crippen LogP) is 5.96. The third-order valence-electron chi connectivity index (χ3n) is 5.85. The summed E-state index contributed by atoms with van der Waals surface area (Å²) in [6, 6.07) is 37.8. The molecule has 4 aromatic carbocycles. The maximum atomic E-state index is 13.8. The molecule has 0 aliphatic rings. The summed E-state index contributed by atoms with van der Waals surface area (Å²) in [4.78, 5) is 20.7. The van der Waals surface area contributed by atoms with Crippen molar-refractivity contribution in [2.75, 3.05) is 6.54 Å². The molecular weight excluding hydrogens is 434 g/mol. The average molecular weight is 462 g/mol. The Morgan fingerprint density at radius 2 is 1.26 bits per heavy atom. The fraction of sp³-hybridized carbons (Fsp3) is 0.133. The van der Waals surface area contributed by atoms with Crippen LogP contribution in [0.5, 0.6) is 5.75 Å². The fourth-order valence-corrected chi connectivity index (χ4v) is 4.23. The van der Waals surface area contributed by atoms with Gasteiger partial charge in [0.25, 0.3) is 0 Å². The fourth-order valence-electron chi connectivity index (χ4n) is 4.23. The Kier molecular flexibility index (Phi) is 6.97. The first kappa shape index (κ1) is 22.6. The van der Waals surface area contributed by atoms with Crippen LogP contribution < -0.4 is 4.74 Å². The molecule has 0 bridgehead atoms. The van der Waals surface area contributed by atoms with Crippen LogP contribution in [-0.2, 0) is 19.7 Å². The second kappa shape index (κ2) is 10.8. The number of ether oxygens (including phenoxy) is 1. The molecule has 0 amide bonds. The number of fused-ring (bicyclic) bond motifs is 1. The highest BCUT2D eigenvalue weighted by Crippen LogP contribution is 2.19. The molecule has 0 aliphatic heterocycles. The molecule has 0 saturated carbocycles. The van der Waals surface area contributed by atoms with Crippen LogP contribution in [0.2, 0.25) is 0 Å². The standard InChI is InChI=1S/C30H27N3O2/c34-30(22-32(20-24-12-4-1-5-13-24)21-25-14-6-2-7-15-25)33-28-19-11-10-18-27(28)31-29(33)23-35-26-16-8-3-9-17-26/h1-19H,20-23H2. The molecule has 0 spiro atoms. The second-order valence-electron chi connectivity index (χ2n) is 8.46. The summed E-state index contributed by atoms with van der Waals surface area (Å²) in [6.45, 7) is 1.80. The summed E-state index contributed by atoms with van der Waals surface area (Å²) >= 11 is 0. The van der Waals surface area contributed by atoms with Crippen molar-refractivity contribution in [3.8, 4) is 5.75 Å². The minimum atomic E-state index is -0.0303. The summed E-state index contributed by atoms with van der Waals surface area (Å²) in [5, 5.41) is 0. The molecule has 0 radical (unpaired) electrons. The van der Waals surface area contributed by atoms with Crippen LogP contribution in [0.25, 0.3) is 11.0 Å². The van der Waals surface area contributed by atoms with Crippen LogP contribution in [0, 0.1) is 0 Å². The first-order chi connectivity index (χ1) is 17.3. The minimum absolute atomic E-state index is 0.0303. The van der Waals surface area contributed by atoms with Gasteiger partial charge < -0.3 is 4.74 Å². The molecule has 174 valence electrons. The Labute approximate surface area is 205 Å². The van der Waals surface area contributed by atoms with E-state index in [1.54, 1.807) is 4.57 Å². The van der Waals surface area contributed by atoms with Crippen molar-refractivity contribution in [1.29, 1.82) is 0 Å². The number of aromatic nitrogens is 2. The second-order valence-corrected chi connectivity index (χ2v) is 8.46. The van der Waals surface area contributed by atoms with Crippen molar-refractivity contribution in [2.24, 2.45) is 0 Å². The number of rotatable bonds is 9. The van der Waals surface area contributed by atoms with E-state index in [4.69, 9.17) is 9.72 Å². The first-order valence-corrected chi connectivity index (χ1v) is 11.7. The number of carbonyl (C=O) groups is 1. The molecule has 5 nitrogen and oxygen atoms in total. The lowest BCUT2D eigenvalue weighted by atomic mass is 10.1. The Balaban J connectivity index is 1.42. The molecule has 35 heavy (non-hydrogen) atoms. The van der Waals surface area contributed by atoms with E-state index in [2.05, 4.69) is 29.2 Å².